The van der Waals surface area contributed by atoms with Crippen molar-refractivity contribution in [1.82, 2.24) is 4.57 Å². The number of nitrogens with zero attached hydrogens (tertiary/aromatic N) is 1. The van der Waals surface area contributed by atoms with Gasteiger partial charge in [-0.2, -0.15) is 0 Å². The highest BCUT2D eigenvalue weighted by Gasteiger charge is 2.03. The van der Waals surface area contributed by atoms with Crippen molar-refractivity contribution in [2.45, 2.75) is 20.4 Å². The Morgan fingerprint density at radius 1 is 0.850 bits per heavy atom. The van der Waals surface area contributed by atoms with Gasteiger partial charge in [-0.15, -0.1) is 0 Å². The van der Waals surface area contributed by atoms with Crippen LogP contribution >= 0.6 is 0 Å². The summed E-state index contributed by atoms with van der Waals surface area (Å²) < 4.78 is 8.26. The fourth-order valence-electron chi connectivity index (χ4n) is 2.62. The summed E-state index contributed by atoms with van der Waals surface area (Å²) in [4.78, 5) is 0. The smallest absolute Gasteiger partial charge is 0.127 e. The number of aromatic nitrogens is 1. The molecule has 0 saturated carbocycles. The predicted octanol–water partition coefficient (Wildman–Crippen LogP) is 4.34. The molecule has 0 unspecified atom stereocenters. The van der Waals surface area contributed by atoms with Crippen molar-refractivity contribution in [2.75, 3.05) is 6.61 Å². The Morgan fingerprint density at radius 2 is 1.55 bits per heavy atom. The Bertz CT molecular complexity index is 702. The zero-order valence-electron chi connectivity index (χ0n) is 12.0. The van der Waals surface area contributed by atoms with E-state index in [0.29, 0.717) is 6.61 Å². The van der Waals surface area contributed by atoms with Gasteiger partial charge in [0.15, 0.2) is 0 Å². The lowest BCUT2D eigenvalue weighted by Crippen LogP contribution is -2.10. The van der Waals surface area contributed by atoms with E-state index in [1.807, 2.05) is 12.1 Å². The van der Waals surface area contributed by atoms with Crippen LogP contribution < -0.4 is 4.74 Å². The molecule has 0 fully saturated rings. The molecule has 3 rings (SSSR count). The van der Waals surface area contributed by atoms with Crippen molar-refractivity contribution in [3.63, 3.8) is 0 Å². The zero-order valence-corrected chi connectivity index (χ0v) is 12.0. The van der Waals surface area contributed by atoms with E-state index >= 15 is 0 Å². The van der Waals surface area contributed by atoms with Gasteiger partial charge >= 0.3 is 0 Å². The minimum Gasteiger partial charge on any atom is -0.491 e. The average molecular weight is 265 g/mol. The molecule has 0 aliphatic carbocycles. The number of fused-ring (bicyclic) bond motifs is 1. The van der Waals surface area contributed by atoms with Crippen LogP contribution in [0.5, 0.6) is 5.75 Å². The predicted molar refractivity (Wildman–Crippen MR) is 83.3 cm³/mol. The van der Waals surface area contributed by atoms with E-state index in [2.05, 4.69) is 60.9 Å². The van der Waals surface area contributed by atoms with E-state index in [1.165, 1.54) is 22.2 Å². The molecule has 0 aliphatic rings. The van der Waals surface area contributed by atoms with Gasteiger partial charge in [-0.1, -0.05) is 36.4 Å². The van der Waals surface area contributed by atoms with Gasteiger partial charge in [0.25, 0.3) is 0 Å². The second-order valence-corrected chi connectivity index (χ2v) is 5.09. The number of ether oxygens (including phenoxy) is 1. The van der Waals surface area contributed by atoms with Gasteiger partial charge in [-0.25, -0.2) is 0 Å². The lowest BCUT2D eigenvalue weighted by molar-refractivity contribution is 0.299. The molecule has 102 valence electrons. The first-order valence-electron chi connectivity index (χ1n) is 6.99. The monoisotopic (exact) mass is 265 g/mol. The maximum atomic E-state index is 5.98. The van der Waals surface area contributed by atoms with Gasteiger partial charge in [-0.3, -0.25) is 0 Å². The van der Waals surface area contributed by atoms with Gasteiger partial charge in [0.05, 0.1) is 6.54 Å². The molecule has 0 bridgehead atoms. The number of hydrogen-bond acceptors (Lipinski definition) is 1. The molecule has 0 amide bonds. The number of aryl methyl sites for hydroxylation is 2. The molecule has 0 N–H and O–H groups in total. The Morgan fingerprint density at radius 3 is 2.35 bits per heavy atom. The van der Waals surface area contributed by atoms with Crippen LogP contribution in [0.4, 0.5) is 0 Å². The maximum absolute atomic E-state index is 5.98. The minimum atomic E-state index is 0.685. The summed E-state index contributed by atoms with van der Waals surface area (Å²) in [6.07, 6.45) is 0. The molecule has 1 aromatic heterocycles. The Labute approximate surface area is 119 Å². The first-order valence-corrected chi connectivity index (χ1v) is 6.99. The molecule has 0 aliphatic heterocycles. The van der Waals surface area contributed by atoms with Crippen molar-refractivity contribution < 1.29 is 4.74 Å². The molecule has 0 radical (unpaired) electrons. The Hall–Kier alpha value is -2.22. The van der Waals surface area contributed by atoms with Gasteiger partial charge in [0, 0.05) is 16.8 Å². The fraction of sp³-hybridized carbons (Fsp3) is 0.222. The van der Waals surface area contributed by atoms with Crippen molar-refractivity contribution in [1.29, 1.82) is 0 Å². The number of hydrogen-bond donors (Lipinski definition) is 0. The largest absolute Gasteiger partial charge is 0.491 e. The molecule has 2 aromatic carbocycles. The lowest BCUT2D eigenvalue weighted by atomic mass is 10.1. The van der Waals surface area contributed by atoms with Gasteiger partial charge < -0.3 is 9.30 Å². The van der Waals surface area contributed by atoms with Crippen LogP contribution in [-0.4, -0.2) is 11.2 Å². The third-order valence-corrected chi connectivity index (χ3v) is 3.74. The SMILES string of the molecule is Cc1ccc(C)n1CCOc1cccc2ccccc12. The molecule has 3 aromatic rings. The van der Waals surface area contributed by atoms with Crippen LogP contribution in [0.15, 0.2) is 54.6 Å². The summed E-state index contributed by atoms with van der Waals surface area (Å²) in [5.41, 5.74) is 2.56. The van der Waals surface area contributed by atoms with Crippen molar-refractivity contribution in [3.8, 4) is 5.75 Å². The summed E-state index contributed by atoms with van der Waals surface area (Å²) in [5.74, 6) is 0.963. The van der Waals surface area contributed by atoms with Crippen LogP contribution in [0.25, 0.3) is 10.8 Å². The summed E-state index contributed by atoms with van der Waals surface area (Å²) in [6, 6.07) is 18.8. The molecule has 0 spiro atoms. The summed E-state index contributed by atoms with van der Waals surface area (Å²) >= 11 is 0. The molecule has 1 heterocycles. The highest BCUT2D eigenvalue weighted by atomic mass is 16.5. The first kappa shape index (κ1) is 12.8. The fourth-order valence-corrected chi connectivity index (χ4v) is 2.62. The molecule has 2 nitrogen and oxygen atoms in total. The van der Waals surface area contributed by atoms with E-state index < -0.39 is 0 Å². The van der Waals surface area contributed by atoms with Crippen molar-refractivity contribution in [3.05, 3.63) is 66.0 Å². The normalized spacial score (nSPS) is 10.9. The van der Waals surface area contributed by atoms with E-state index in [1.54, 1.807) is 0 Å². The summed E-state index contributed by atoms with van der Waals surface area (Å²) in [7, 11) is 0. The topological polar surface area (TPSA) is 14.2 Å². The molecule has 0 atom stereocenters. The highest BCUT2D eigenvalue weighted by Crippen LogP contribution is 2.25. The minimum absolute atomic E-state index is 0.685. The molecule has 20 heavy (non-hydrogen) atoms. The van der Waals surface area contributed by atoms with E-state index in [9.17, 15) is 0 Å². The van der Waals surface area contributed by atoms with E-state index in [4.69, 9.17) is 4.74 Å². The lowest BCUT2D eigenvalue weighted by Gasteiger charge is -2.12. The third kappa shape index (κ3) is 2.42. The number of rotatable bonds is 4. The summed E-state index contributed by atoms with van der Waals surface area (Å²) in [5, 5.41) is 2.40. The van der Waals surface area contributed by atoms with E-state index in [0.717, 1.165) is 12.3 Å². The van der Waals surface area contributed by atoms with Crippen molar-refractivity contribution in [2.24, 2.45) is 0 Å². The quantitative estimate of drug-likeness (QED) is 0.684. The molecular weight excluding hydrogens is 246 g/mol. The Balaban J connectivity index is 1.75. The van der Waals surface area contributed by atoms with Gasteiger partial charge in [0.2, 0.25) is 0 Å². The first-order chi connectivity index (χ1) is 9.75. The summed E-state index contributed by atoms with van der Waals surface area (Å²) in [6.45, 7) is 5.83. The second-order valence-electron chi connectivity index (χ2n) is 5.09. The Kier molecular flexibility index (Phi) is 3.46. The van der Waals surface area contributed by atoms with Crippen LogP contribution in [0, 0.1) is 13.8 Å². The van der Waals surface area contributed by atoms with Crippen LogP contribution in [0.2, 0.25) is 0 Å². The van der Waals surface area contributed by atoms with Crippen LogP contribution in [0.3, 0.4) is 0 Å². The average Bonchev–Trinajstić information content (AvgIpc) is 2.79. The highest BCUT2D eigenvalue weighted by molar-refractivity contribution is 5.88. The van der Waals surface area contributed by atoms with Gasteiger partial charge in [0.1, 0.15) is 12.4 Å². The standard InChI is InChI=1S/C18H19NO/c1-14-10-11-15(2)19(14)12-13-20-18-9-5-7-16-6-3-4-8-17(16)18/h3-11H,12-13H2,1-2H3. The van der Waals surface area contributed by atoms with E-state index in [-0.39, 0.29) is 0 Å². The molecule has 0 saturated heterocycles. The van der Waals surface area contributed by atoms with Crippen LogP contribution in [-0.2, 0) is 6.54 Å². The van der Waals surface area contributed by atoms with Crippen LogP contribution in [0.1, 0.15) is 11.4 Å². The maximum Gasteiger partial charge on any atom is 0.127 e. The second kappa shape index (κ2) is 5.41. The third-order valence-electron chi connectivity index (χ3n) is 3.74. The molecular formula is C18H19NO. The van der Waals surface area contributed by atoms with Gasteiger partial charge in [-0.05, 0) is 37.4 Å². The van der Waals surface area contributed by atoms with Crippen molar-refractivity contribution >= 4 is 10.8 Å². The number of benzene rings is 2. The zero-order chi connectivity index (χ0) is 13.9. The molecule has 2 heteroatoms.